The van der Waals surface area contributed by atoms with E-state index in [9.17, 15) is 0 Å². The molecule has 0 spiro atoms. The van der Waals surface area contributed by atoms with Crippen LogP contribution in [0.25, 0.3) is 0 Å². The summed E-state index contributed by atoms with van der Waals surface area (Å²) in [7, 11) is 3.22. The van der Waals surface area contributed by atoms with Gasteiger partial charge in [0.05, 0.1) is 0 Å². The van der Waals surface area contributed by atoms with Gasteiger partial charge in [-0.1, -0.05) is 15.9 Å². The summed E-state index contributed by atoms with van der Waals surface area (Å²) in [6, 6.07) is 5.93. The molecule has 0 aromatic heterocycles. The Morgan fingerprint density at radius 3 is 2.72 bits per heavy atom. The third-order valence-electron chi connectivity index (χ3n) is 3.56. The molecular weight excluding hydrogens is 300 g/mol. The van der Waals surface area contributed by atoms with Gasteiger partial charge in [-0.3, -0.25) is 0 Å². The molecule has 3 rings (SSSR count). The van der Waals surface area contributed by atoms with E-state index in [1.54, 1.807) is 14.2 Å². The van der Waals surface area contributed by atoms with E-state index in [1.807, 2.05) is 25.1 Å². The van der Waals surface area contributed by atoms with Crippen LogP contribution in [0.3, 0.4) is 0 Å². The van der Waals surface area contributed by atoms with Crippen molar-refractivity contribution in [3.8, 4) is 5.75 Å². The largest absolute Gasteiger partial charge is 0.479 e. The van der Waals surface area contributed by atoms with E-state index in [0.29, 0.717) is 0 Å². The molecule has 98 valence electrons. The molecule has 5 heteroatoms. The molecule has 0 bridgehead atoms. The highest BCUT2D eigenvalue weighted by Crippen LogP contribution is 2.55. The van der Waals surface area contributed by atoms with Crippen LogP contribution in [0.15, 0.2) is 22.7 Å². The number of epoxide rings is 1. The second kappa shape index (κ2) is 4.20. The highest BCUT2D eigenvalue weighted by Gasteiger charge is 2.63. The van der Waals surface area contributed by atoms with Crippen LogP contribution < -0.4 is 4.74 Å². The number of ether oxygens (including phenoxy) is 4. The third-order valence-corrected chi connectivity index (χ3v) is 4.05. The molecule has 2 aliphatic rings. The molecule has 4 nitrogen and oxygen atoms in total. The average Bonchev–Trinajstić information content (AvgIpc) is 3.13. The maximum Gasteiger partial charge on any atom is 0.199 e. The SMILES string of the molecule is COC(OC)[C@]1(C)Oc2ccc(Br)cc2[C@H]2O[C@H]21. The zero-order valence-corrected chi connectivity index (χ0v) is 12.1. The maximum atomic E-state index is 6.08. The Morgan fingerprint density at radius 1 is 1.33 bits per heavy atom. The van der Waals surface area contributed by atoms with Gasteiger partial charge < -0.3 is 18.9 Å². The average molecular weight is 315 g/mol. The van der Waals surface area contributed by atoms with Crippen LogP contribution >= 0.6 is 15.9 Å². The van der Waals surface area contributed by atoms with Crippen LogP contribution in [0, 0.1) is 0 Å². The van der Waals surface area contributed by atoms with Gasteiger partial charge in [0.1, 0.15) is 18.0 Å². The molecule has 1 fully saturated rings. The summed E-state index contributed by atoms with van der Waals surface area (Å²) in [5.41, 5.74) is 0.465. The molecule has 1 saturated heterocycles. The summed E-state index contributed by atoms with van der Waals surface area (Å²) < 4.78 is 23.5. The fourth-order valence-electron chi connectivity index (χ4n) is 2.66. The fraction of sp³-hybridized carbons (Fsp3) is 0.538. The first-order valence-corrected chi connectivity index (χ1v) is 6.59. The smallest absolute Gasteiger partial charge is 0.199 e. The van der Waals surface area contributed by atoms with E-state index >= 15 is 0 Å². The van der Waals surface area contributed by atoms with Gasteiger partial charge in [0, 0.05) is 24.3 Å². The molecule has 0 unspecified atom stereocenters. The summed E-state index contributed by atoms with van der Waals surface area (Å²) in [6.45, 7) is 1.96. The Hall–Kier alpha value is -0.620. The molecule has 0 N–H and O–H groups in total. The lowest BCUT2D eigenvalue weighted by molar-refractivity contribution is -0.205. The van der Waals surface area contributed by atoms with Crippen molar-refractivity contribution in [3.05, 3.63) is 28.2 Å². The minimum Gasteiger partial charge on any atom is -0.479 e. The van der Waals surface area contributed by atoms with E-state index in [2.05, 4.69) is 15.9 Å². The summed E-state index contributed by atoms with van der Waals surface area (Å²) >= 11 is 3.46. The molecule has 2 heterocycles. The molecule has 2 aliphatic heterocycles. The van der Waals surface area contributed by atoms with Crippen molar-refractivity contribution < 1.29 is 18.9 Å². The first-order valence-electron chi connectivity index (χ1n) is 5.79. The van der Waals surface area contributed by atoms with Crippen molar-refractivity contribution in [2.45, 2.75) is 31.0 Å². The summed E-state index contributed by atoms with van der Waals surface area (Å²) in [4.78, 5) is 0. The van der Waals surface area contributed by atoms with E-state index in [-0.39, 0.29) is 12.2 Å². The lowest BCUT2D eigenvalue weighted by atomic mass is 9.92. The van der Waals surface area contributed by atoms with E-state index < -0.39 is 11.9 Å². The Balaban J connectivity index is 1.98. The predicted molar refractivity (Wildman–Crippen MR) is 68.6 cm³/mol. The number of benzene rings is 1. The van der Waals surface area contributed by atoms with Gasteiger partial charge in [-0.2, -0.15) is 0 Å². The number of fused-ring (bicyclic) bond motifs is 3. The first-order chi connectivity index (χ1) is 8.60. The van der Waals surface area contributed by atoms with Gasteiger partial charge in [-0.05, 0) is 25.1 Å². The number of hydrogen-bond donors (Lipinski definition) is 0. The Kier molecular flexibility index (Phi) is 2.90. The van der Waals surface area contributed by atoms with E-state index in [0.717, 1.165) is 15.8 Å². The number of hydrogen-bond acceptors (Lipinski definition) is 4. The number of methoxy groups -OCH3 is 2. The zero-order chi connectivity index (χ0) is 12.9. The predicted octanol–water partition coefficient (Wildman–Crippen LogP) is 2.66. The maximum absolute atomic E-state index is 6.08. The van der Waals surface area contributed by atoms with E-state index in [4.69, 9.17) is 18.9 Å². The monoisotopic (exact) mass is 314 g/mol. The Bertz CT molecular complexity index is 474. The second-order valence-corrected chi connectivity index (χ2v) is 5.66. The summed E-state index contributed by atoms with van der Waals surface area (Å²) in [5, 5.41) is 0. The van der Waals surface area contributed by atoms with Gasteiger partial charge >= 0.3 is 0 Å². The second-order valence-electron chi connectivity index (χ2n) is 4.75. The van der Waals surface area contributed by atoms with E-state index in [1.165, 1.54) is 0 Å². The lowest BCUT2D eigenvalue weighted by Crippen LogP contribution is -2.53. The van der Waals surface area contributed by atoms with Crippen molar-refractivity contribution in [2.75, 3.05) is 14.2 Å². The highest BCUT2D eigenvalue weighted by molar-refractivity contribution is 9.10. The summed E-state index contributed by atoms with van der Waals surface area (Å²) in [6.07, 6.45) is -0.405. The van der Waals surface area contributed by atoms with Crippen molar-refractivity contribution in [1.82, 2.24) is 0 Å². The fourth-order valence-corrected chi connectivity index (χ4v) is 3.04. The molecular formula is C13H15BrO4. The quantitative estimate of drug-likeness (QED) is 0.635. The molecule has 1 aromatic carbocycles. The van der Waals surface area contributed by atoms with Gasteiger partial charge in [0.25, 0.3) is 0 Å². The van der Waals surface area contributed by atoms with Crippen molar-refractivity contribution in [3.63, 3.8) is 0 Å². The van der Waals surface area contributed by atoms with Crippen LogP contribution in [0.5, 0.6) is 5.75 Å². The Labute approximate surface area is 114 Å². The first kappa shape index (κ1) is 12.4. The van der Waals surface area contributed by atoms with Crippen LogP contribution in [-0.2, 0) is 14.2 Å². The van der Waals surface area contributed by atoms with Crippen LogP contribution in [-0.4, -0.2) is 32.2 Å². The third kappa shape index (κ3) is 1.69. The molecule has 0 aliphatic carbocycles. The minimum atomic E-state index is -0.616. The van der Waals surface area contributed by atoms with Crippen molar-refractivity contribution >= 4 is 15.9 Å². The molecule has 18 heavy (non-hydrogen) atoms. The van der Waals surface area contributed by atoms with Crippen LogP contribution in [0.2, 0.25) is 0 Å². The van der Waals surface area contributed by atoms with Crippen LogP contribution in [0.1, 0.15) is 18.6 Å². The molecule has 0 radical (unpaired) electrons. The topological polar surface area (TPSA) is 40.2 Å². The van der Waals surface area contributed by atoms with Crippen molar-refractivity contribution in [1.29, 1.82) is 0 Å². The number of rotatable bonds is 3. The van der Waals surface area contributed by atoms with Crippen LogP contribution in [0.4, 0.5) is 0 Å². The normalized spacial score (nSPS) is 32.7. The van der Waals surface area contributed by atoms with Gasteiger partial charge in [0.2, 0.25) is 0 Å². The molecule has 0 saturated carbocycles. The molecule has 3 atom stereocenters. The highest BCUT2D eigenvalue weighted by atomic mass is 79.9. The van der Waals surface area contributed by atoms with Gasteiger partial charge in [-0.15, -0.1) is 0 Å². The zero-order valence-electron chi connectivity index (χ0n) is 10.5. The van der Waals surface area contributed by atoms with Gasteiger partial charge in [-0.25, -0.2) is 0 Å². The van der Waals surface area contributed by atoms with Crippen molar-refractivity contribution in [2.24, 2.45) is 0 Å². The molecule has 0 amide bonds. The number of halogens is 1. The Morgan fingerprint density at radius 2 is 2.06 bits per heavy atom. The molecule has 1 aromatic rings. The minimum absolute atomic E-state index is 0.0239. The van der Waals surface area contributed by atoms with Gasteiger partial charge in [0.15, 0.2) is 11.9 Å². The standard InChI is InChI=1S/C13H15BrO4/c1-13(12(15-2)16-3)11-10(17-11)8-6-7(14)4-5-9(8)18-13/h4-6,10-12H,1-3H3/t10-,11-,13-/m1/s1. The summed E-state index contributed by atoms with van der Waals surface area (Å²) in [5.74, 6) is 0.832. The lowest BCUT2D eigenvalue weighted by Gasteiger charge is -2.37.